The molecule has 0 spiro atoms. The maximum atomic E-state index is 2.49. The van der Waals surface area contributed by atoms with Crippen molar-refractivity contribution in [2.24, 2.45) is 0 Å². The maximum absolute atomic E-state index is 2.49. The predicted molar refractivity (Wildman–Crippen MR) is 93.6 cm³/mol. The molecule has 0 bridgehead atoms. The predicted octanol–water partition coefficient (Wildman–Crippen LogP) is 3.08. The van der Waals surface area contributed by atoms with Gasteiger partial charge in [0, 0.05) is 0 Å². The van der Waals surface area contributed by atoms with Crippen molar-refractivity contribution in [1.82, 2.24) is 0 Å². The lowest BCUT2D eigenvalue weighted by atomic mass is 10.1. The van der Waals surface area contributed by atoms with Crippen molar-refractivity contribution in [2.75, 3.05) is 0 Å². The minimum atomic E-state index is -1.83. The fourth-order valence-corrected chi connectivity index (χ4v) is 7.77. The summed E-state index contributed by atoms with van der Waals surface area (Å²) in [5.74, 6) is 0. The molecule has 1 aliphatic heterocycles. The van der Waals surface area contributed by atoms with Gasteiger partial charge >= 0.3 is 0 Å². The van der Waals surface area contributed by atoms with Gasteiger partial charge in [-0.15, -0.1) is 0 Å². The zero-order chi connectivity index (χ0) is 14.4. The summed E-state index contributed by atoms with van der Waals surface area (Å²) in [5, 5.41) is 4.61. The van der Waals surface area contributed by atoms with Gasteiger partial charge in [0.15, 0.2) is 0 Å². The lowest BCUT2D eigenvalue weighted by Gasteiger charge is -2.25. The summed E-state index contributed by atoms with van der Waals surface area (Å²) in [5.41, 5.74) is 4.20. The molecular weight excluding hydrogens is 268 g/mol. The number of hydrogen-bond acceptors (Lipinski definition) is 0. The highest BCUT2D eigenvalue weighted by Gasteiger charge is 2.42. The van der Waals surface area contributed by atoms with Gasteiger partial charge in [0.2, 0.25) is 0 Å². The summed E-state index contributed by atoms with van der Waals surface area (Å²) in [7, 11) is -1.83. The largest absolute Gasteiger partial charge is 0.147 e. The summed E-state index contributed by atoms with van der Waals surface area (Å²) in [6.45, 7) is 4.65. The van der Waals surface area contributed by atoms with E-state index in [2.05, 4.69) is 86.3 Å². The minimum absolute atomic E-state index is 1.33. The summed E-state index contributed by atoms with van der Waals surface area (Å²) in [6, 6.07) is 27.1. The highest BCUT2D eigenvalue weighted by Crippen LogP contribution is 2.27. The molecule has 102 valence electrons. The van der Waals surface area contributed by atoms with Crippen LogP contribution < -0.4 is 15.6 Å². The standard InChI is InChI=1S/C20H18Si/c1-15-11-13-16(14-12-15)21(2)19-9-5-3-7-17(19)18-8-4-6-10-20(18)21/h3-14H,1-2H3. The molecule has 4 rings (SSSR count). The maximum Gasteiger partial charge on any atom is 0.147 e. The zero-order valence-electron chi connectivity index (χ0n) is 12.4. The van der Waals surface area contributed by atoms with Crippen molar-refractivity contribution >= 4 is 23.6 Å². The van der Waals surface area contributed by atoms with Gasteiger partial charge < -0.3 is 0 Å². The van der Waals surface area contributed by atoms with Gasteiger partial charge in [-0.05, 0) is 33.6 Å². The van der Waals surface area contributed by atoms with Crippen molar-refractivity contribution < 1.29 is 0 Å². The molecule has 0 saturated heterocycles. The van der Waals surface area contributed by atoms with Crippen molar-refractivity contribution in [3.63, 3.8) is 0 Å². The summed E-state index contributed by atoms with van der Waals surface area (Å²) >= 11 is 0. The quantitative estimate of drug-likeness (QED) is 0.603. The van der Waals surface area contributed by atoms with Crippen LogP contribution in [0.5, 0.6) is 0 Å². The van der Waals surface area contributed by atoms with Gasteiger partial charge in [0.05, 0.1) is 0 Å². The van der Waals surface area contributed by atoms with E-state index in [-0.39, 0.29) is 0 Å². The highest BCUT2D eigenvalue weighted by atomic mass is 28.3. The molecule has 0 fully saturated rings. The molecule has 1 heteroatoms. The van der Waals surface area contributed by atoms with E-state index in [1.165, 1.54) is 21.9 Å². The van der Waals surface area contributed by atoms with Crippen LogP contribution in [0.3, 0.4) is 0 Å². The Kier molecular flexibility index (Phi) is 2.66. The molecule has 0 atom stereocenters. The number of aryl methyl sites for hydroxylation is 1. The molecule has 3 aromatic carbocycles. The summed E-state index contributed by atoms with van der Waals surface area (Å²) < 4.78 is 0. The molecule has 1 heterocycles. The normalized spacial score (nSPS) is 14.6. The molecular formula is C20H18Si. The fraction of sp³-hybridized carbons (Fsp3) is 0.100. The van der Waals surface area contributed by atoms with Gasteiger partial charge in [-0.2, -0.15) is 0 Å². The Morgan fingerprint density at radius 2 is 1.10 bits per heavy atom. The van der Waals surface area contributed by atoms with Crippen LogP contribution in [0, 0.1) is 6.92 Å². The molecule has 0 aliphatic carbocycles. The molecule has 0 nitrogen and oxygen atoms in total. The summed E-state index contributed by atoms with van der Waals surface area (Å²) in [4.78, 5) is 0. The molecule has 3 aromatic rings. The van der Waals surface area contributed by atoms with Crippen LogP contribution in [0.2, 0.25) is 6.55 Å². The van der Waals surface area contributed by atoms with E-state index in [0.717, 1.165) is 0 Å². The molecule has 21 heavy (non-hydrogen) atoms. The van der Waals surface area contributed by atoms with Gasteiger partial charge in [-0.1, -0.05) is 84.9 Å². The fourth-order valence-electron chi connectivity index (χ4n) is 3.65. The van der Waals surface area contributed by atoms with Crippen LogP contribution in [0.15, 0.2) is 72.8 Å². The summed E-state index contributed by atoms with van der Waals surface area (Å²) in [6.07, 6.45) is 0. The Hall–Kier alpha value is -2.12. The number of hydrogen-bond donors (Lipinski definition) is 0. The molecule has 0 N–H and O–H groups in total. The zero-order valence-corrected chi connectivity index (χ0v) is 13.4. The topological polar surface area (TPSA) is 0 Å². The first-order valence-electron chi connectivity index (χ1n) is 7.48. The second kappa shape index (κ2) is 4.44. The first-order chi connectivity index (χ1) is 10.2. The second-order valence-electron chi connectivity index (χ2n) is 6.08. The van der Waals surface area contributed by atoms with Crippen molar-refractivity contribution in [3.05, 3.63) is 78.4 Å². The van der Waals surface area contributed by atoms with Gasteiger partial charge in [0.1, 0.15) is 8.07 Å². The van der Waals surface area contributed by atoms with E-state index < -0.39 is 8.07 Å². The SMILES string of the molecule is Cc1ccc([Si]2(C)c3ccccc3-c3ccccc32)cc1. The number of rotatable bonds is 1. The Morgan fingerprint density at radius 1 is 0.619 bits per heavy atom. The minimum Gasteiger partial charge on any atom is -0.0623 e. The molecule has 0 radical (unpaired) electrons. The molecule has 1 aliphatic rings. The molecule has 0 aromatic heterocycles. The first-order valence-corrected chi connectivity index (χ1v) is 9.98. The van der Waals surface area contributed by atoms with Crippen LogP contribution in [0.25, 0.3) is 11.1 Å². The van der Waals surface area contributed by atoms with Gasteiger partial charge in [-0.3, -0.25) is 0 Å². The van der Waals surface area contributed by atoms with Crippen molar-refractivity contribution in [1.29, 1.82) is 0 Å². The number of fused-ring (bicyclic) bond motifs is 3. The molecule has 0 amide bonds. The molecule has 0 unspecified atom stereocenters. The van der Waals surface area contributed by atoms with E-state index in [1.807, 2.05) is 0 Å². The third-order valence-corrected chi connectivity index (χ3v) is 9.37. The van der Waals surface area contributed by atoms with E-state index >= 15 is 0 Å². The molecule has 0 saturated carbocycles. The van der Waals surface area contributed by atoms with Crippen molar-refractivity contribution in [2.45, 2.75) is 13.5 Å². The van der Waals surface area contributed by atoms with Crippen LogP contribution >= 0.6 is 0 Å². The lowest BCUT2D eigenvalue weighted by molar-refractivity contribution is 1.49. The Bertz CT molecular complexity index is 770. The monoisotopic (exact) mass is 286 g/mol. The van der Waals surface area contributed by atoms with E-state index in [4.69, 9.17) is 0 Å². The average Bonchev–Trinajstić information content (AvgIpc) is 2.80. The van der Waals surface area contributed by atoms with Crippen molar-refractivity contribution in [3.8, 4) is 11.1 Å². The smallest absolute Gasteiger partial charge is 0.0623 e. The number of benzene rings is 3. The third kappa shape index (κ3) is 1.67. The van der Waals surface area contributed by atoms with Crippen LogP contribution in [-0.4, -0.2) is 8.07 Å². The van der Waals surface area contributed by atoms with Crippen LogP contribution in [0.4, 0.5) is 0 Å². The average molecular weight is 286 g/mol. The Morgan fingerprint density at radius 3 is 1.62 bits per heavy atom. The van der Waals surface area contributed by atoms with E-state index in [9.17, 15) is 0 Å². The lowest BCUT2D eigenvalue weighted by Crippen LogP contribution is -2.62. The van der Waals surface area contributed by atoms with Crippen LogP contribution in [-0.2, 0) is 0 Å². The first kappa shape index (κ1) is 12.6. The Labute approximate surface area is 127 Å². The second-order valence-corrected chi connectivity index (χ2v) is 9.99. The highest BCUT2D eigenvalue weighted by molar-refractivity contribution is 7.13. The van der Waals surface area contributed by atoms with Gasteiger partial charge in [0.25, 0.3) is 0 Å². The van der Waals surface area contributed by atoms with Gasteiger partial charge in [-0.25, -0.2) is 0 Å². The third-order valence-electron chi connectivity index (χ3n) is 4.85. The van der Waals surface area contributed by atoms with E-state index in [1.54, 1.807) is 10.4 Å². The Balaban J connectivity index is 2.06. The van der Waals surface area contributed by atoms with E-state index in [0.29, 0.717) is 0 Å². The van der Waals surface area contributed by atoms with Crippen LogP contribution in [0.1, 0.15) is 5.56 Å².